The lowest BCUT2D eigenvalue weighted by Crippen LogP contribution is -2.16. The summed E-state index contributed by atoms with van der Waals surface area (Å²) < 4.78 is 13.6. The Bertz CT molecular complexity index is 367. The summed E-state index contributed by atoms with van der Waals surface area (Å²) >= 11 is 5.78. The zero-order chi connectivity index (χ0) is 11.8. The van der Waals surface area contributed by atoms with Gasteiger partial charge in [-0.15, -0.1) is 0 Å². The topological polar surface area (TPSA) is 20.2 Å². The maximum Gasteiger partial charge on any atom is 0.145 e. The van der Waals surface area contributed by atoms with E-state index >= 15 is 0 Å². The highest BCUT2D eigenvalue weighted by Gasteiger charge is 2.20. The minimum Gasteiger partial charge on any atom is -0.386 e. The first-order valence-corrected chi connectivity index (χ1v) is 5.33. The molecule has 84 valence electrons. The molecule has 0 saturated carbocycles. The molecule has 0 aliphatic heterocycles. The van der Waals surface area contributed by atoms with E-state index in [1.807, 2.05) is 13.8 Å². The fraction of sp³-hybridized carbons (Fsp3) is 0.500. The van der Waals surface area contributed by atoms with Crippen molar-refractivity contribution in [3.05, 3.63) is 34.1 Å². The first kappa shape index (κ1) is 12.5. The van der Waals surface area contributed by atoms with Gasteiger partial charge in [0.1, 0.15) is 5.82 Å². The molecule has 0 radical (unpaired) electrons. The van der Waals surface area contributed by atoms with E-state index in [0.717, 1.165) is 0 Å². The normalized spacial score (nSPS) is 12.3. The lowest BCUT2D eigenvalue weighted by molar-refractivity contribution is 0.0784. The largest absolute Gasteiger partial charge is 0.386 e. The molecule has 0 amide bonds. The highest BCUT2D eigenvalue weighted by molar-refractivity contribution is 6.30. The summed E-state index contributed by atoms with van der Waals surface area (Å²) in [5.74, 6) is -0.343. The highest BCUT2D eigenvalue weighted by Crippen LogP contribution is 2.30. The van der Waals surface area contributed by atoms with Crippen LogP contribution in [0.4, 0.5) is 4.39 Å². The predicted octanol–water partition coefficient (Wildman–Crippen LogP) is 3.83. The molecule has 0 aliphatic carbocycles. The number of rotatable bonds is 2. The van der Waals surface area contributed by atoms with E-state index in [2.05, 4.69) is 0 Å². The summed E-state index contributed by atoms with van der Waals surface area (Å²) in [5, 5.41) is 9.90. The van der Waals surface area contributed by atoms with Crippen molar-refractivity contribution in [2.24, 2.45) is 0 Å². The molecule has 0 bridgehead atoms. The molecule has 0 saturated heterocycles. The van der Waals surface area contributed by atoms with Gasteiger partial charge in [-0.2, -0.15) is 0 Å². The molecular formula is C12H16ClFO. The summed E-state index contributed by atoms with van der Waals surface area (Å²) in [6, 6.07) is 3.15. The predicted molar refractivity (Wildman–Crippen MR) is 60.7 cm³/mol. The van der Waals surface area contributed by atoms with Gasteiger partial charge in [-0.25, -0.2) is 4.39 Å². The van der Waals surface area contributed by atoms with Gasteiger partial charge < -0.3 is 5.11 Å². The molecule has 0 aliphatic rings. The molecule has 15 heavy (non-hydrogen) atoms. The molecule has 1 rings (SSSR count). The van der Waals surface area contributed by atoms with Crippen LogP contribution in [0.5, 0.6) is 0 Å². The van der Waals surface area contributed by atoms with Crippen molar-refractivity contribution in [1.29, 1.82) is 0 Å². The average molecular weight is 231 g/mol. The molecule has 1 aromatic rings. The van der Waals surface area contributed by atoms with Crippen molar-refractivity contribution in [1.82, 2.24) is 0 Å². The van der Waals surface area contributed by atoms with Crippen LogP contribution in [0.3, 0.4) is 0 Å². The van der Waals surface area contributed by atoms with Crippen molar-refractivity contribution < 1.29 is 9.50 Å². The number of benzene rings is 1. The van der Waals surface area contributed by atoms with E-state index in [9.17, 15) is 9.50 Å². The number of hydrogen-bond donors (Lipinski definition) is 1. The Morgan fingerprint density at radius 3 is 2.27 bits per heavy atom. The Morgan fingerprint density at radius 2 is 1.87 bits per heavy atom. The van der Waals surface area contributed by atoms with Gasteiger partial charge in [0.25, 0.3) is 0 Å². The molecule has 0 heterocycles. The SMILES string of the molecule is CC(C)c1cc(C(C)(C)O)cc(Cl)c1F. The molecular weight excluding hydrogens is 215 g/mol. The third-order valence-electron chi connectivity index (χ3n) is 2.38. The monoisotopic (exact) mass is 230 g/mol. The Labute approximate surface area is 94.9 Å². The molecule has 0 unspecified atom stereocenters. The van der Waals surface area contributed by atoms with Gasteiger partial charge in [-0.1, -0.05) is 25.4 Å². The fourth-order valence-corrected chi connectivity index (χ4v) is 1.61. The molecule has 1 N–H and O–H groups in total. The van der Waals surface area contributed by atoms with Crippen LogP contribution in [0.25, 0.3) is 0 Å². The maximum atomic E-state index is 13.6. The lowest BCUT2D eigenvalue weighted by atomic mass is 9.92. The van der Waals surface area contributed by atoms with E-state index in [4.69, 9.17) is 11.6 Å². The van der Waals surface area contributed by atoms with Gasteiger partial charge in [0.15, 0.2) is 0 Å². The molecule has 1 nitrogen and oxygen atoms in total. The second-order valence-electron chi connectivity index (χ2n) is 4.57. The summed E-state index contributed by atoms with van der Waals surface area (Å²) in [7, 11) is 0. The zero-order valence-electron chi connectivity index (χ0n) is 9.44. The van der Waals surface area contributed by atoms with Crippen LogP contribution < -0.4 is 0 Å². The number of halogens is 2. The van der Waals surface area contributed by atoms with Crippen LogP contribution in [-0.4, -0.2) is 5.11 Å². The van der Waals surface area contributed by atoms with Gasteiger partial charge in [0.05, 0.1) is 10.6 Å². The molecule has 0 atom stereocenters. The quantitative estimate of drug-likeness (QED) is 0.819. The lowest BCUT2D eigenvalue weighted by Gasteiger charge is -2.20. The van der Waals surface area contributed by atoms with Crippen molar-refractivity contribution in [2.45, 2.75) is 39.2 Å². The second-order valence-corrected chi connectivity index (χ2v) is 4.98. The Morgan fingerprint density at radius 1 is 1.33 bits per heavy atom. The van der Waals surface area contributed by atoms with E-state index in [1.54, 1.807) is 19.9 Å². The van der Waals surface area contributed by atoms with Gasteiger partial charge in [0.2, 0.25) is 0 Å². The summed E-state index contributed by atoms with van der Waals surface area (Å²) in [6.07, 6.45) is 0. The molecule has 1 aromatic carbocycles. The smallest absolute Gasteiger partial charge is 0.145 e. The minimum absolute atomic E-state index is 0.0461. The Balaban J connectivity index is 3.36. The first-order valence-electron chi connectivity index (χ1n) is 4.95. The highest BCUT2D eigenvalue weighted by atomic mass is 35.5. The molecule has 0 spiro atoms. The van der Waals surface area contributed by atoms with Gasteiger partial charge in [-0.05, 0) is 43.0 Å². The van der Waals surface area contributed by atoms with Gasteiger partial charge in [-0.3, -0.25) is 0 Å². The minimum atomic E-state index is -0.999. The van der Waals surface area contributed by atoms with Crippen LogP contribution in [-0.2, 0) is 5.60 Å². The van der Waals surface area contributed by atoms with Gasteiger partial charge >= 0.3 is 0 Å². The second kappa shape index (κ2) is 4.11. The van der Waals surface area contributed by atoms with Crippen molar-refractivity contribution in [3.8, 4) is 0 Å². The average Bonchev–Trinajstić information content (AvgIpc) is 2.06. The number of hydrogen-bond acceptors (Lipinski definition) is 1. The summed E-state index contributed by atoms with van der Waals surface area (Å²) in [5.41, 5.74) is 0.179. The van der Waals surface area contributed by atoms with Crippen molar-refractivity contribution in [3.63, 3.8) is 0 Å². The molecule has 3 heteroatoms. The van der Waals surface area contributed by atoms with E-state index in [0.29, 0.717) is 11.1 Å². The maximum absolute atomic E-state index is 13.6. The Hall–Kier alpha value is -0.600. The van der Waals surface area contributed by atoms with Crippen LogP contribution in [0.1, 0.15) is 44.7 Å². The van der Waals surface area contributed by atoms with Crippen LogP contribution in [0.15, 0.2) is 12.1 Å². The van der Waals surface area contributed by atoms with E-state index < -0.39 is 5.60 Å². The van der Waals surface area contributed by atoms with Gasteiger partial charge in [0, 0.05) is 0 Å². The third-order valence-corrected chi connectivity index (χ3v) is 2.66. The first-order chi connectivity index (χ1) is 6.73. The summed E-state index contributed by atoms with van der Waals surface area (Å²) in [6.45, 7) is 7.09. The summed E-state index contributed by atoms with van der Waals surface area (Å²) in [4.78, 5) is 0. The van der Waals surface area contributed by atoms with Crippen LogP contribution >= 0.6 is 11.6 Å². The standard InChI is InChI=1S/C12H16ClFO/c1-7(2)9-5-8(12(3,4)15)6-10(13)11(9)14/h5-7,15H,1-4H3. The van der Waals surface area contributed by atoms with Crippen LogP contribution in [0.2, 0.25) is 5.02 Å². The zero-order valence-corrected chi connectivity index (χ0v) is 10.2. The van der Waals surface area contributed by atoms with Crippen molar-refractivity contribution in [2.75, 3.05) is 0 Å². The number of aliphatic hydroxyl groups is 1. The Kier molecular flexibility index (Phi) is 3.41. The van der Waals surface area contributed by atoms with Crippen LogP contribution in [0, 0.1) is 5.82 Å². The van der Waals surface area contributed by atoms with Crippen molar-refractivity contribution >= 4 is 11.6 Å². The fourth-order valence-electron chi connectivity index (χ4n) is 1.38. The molecule has 0 aromatic heterocycles. The third kappa shape index (κ3) is 2.70. The molecule has 0 fully saturated rings. The van der Waals surface area contributed by atoms with E-state index in [1.165, 1.54) is 6.07 Å². The van der Waals surface area contributed by atoms with E-state index in [-0.39, 0.29) is 16.8 Å².